The van der Waals surface area contributed by atoms with Gasteiger partial charge in [0.2, 0.25) is 0 Å². The molecule has 1 saturated carbocycles. The first-order valence-electron chi connectivity index (χ1n) is 12.0. The molecule has 0 unspecified atom stereocenters. The van der Waals surface area contributed by atoms with Gasteiger partial charge in [-0.25, -0.2) is 4.79 Å². The fourth-order valence-corrected chi connectivity index (χ4v) is 3.86. The average molecular weight is 502 g/mol. The van der Waals surface area contributed by atoms with Crippen molar-refractivity contribution in [2.45, 2.75) is 71.1 Å². The van der Waals surface area contributed by atoms with Crippen molar-refractivity contribution in [1.29, 1.82) is 0 Å². The molecule has 1 heterocycles. The Kier molecular flexibility index (Phi) is 9.15. The lowest BCUT2D eigenvalue weighted by molar-refractivity contribution is -0.118. The van der Waals surface area contributed by atoms with E-state index in [-0.39, 0.29) is 42.2 Å². The van der Waals surface area contributed by atoms with Crippen molar-refractivity contribution in [3.8, 4) is 17.2 Å². The molecule has 1 aromatic carbocycles. The summed E-state index contributed by atoms with van der Waals surface area (Å²) in [7, 11) is 1.47. The molecule has 196 valence electrons. The number of amides is 2. The van der Waals surface area contributed by atoms with Gasteiger partial charge in [-0.1, -0.05) is 0 Å². The number of aliphatic imine (C=N–C) groups is 1. The summed E-state index contributed by atoms with van der Waals surface area (Å²) in [5.41, 5.74) is 1.23. The number of methoxy groups -OCH3 is 1. The lowest BCUT2D eigenvalue weighted by Crippen LogP contribution is -2.33. The van der Waals surface area contributed by atoms with E-state index in [0.29, 0.717) is 23.6 Å². The number of aromatic hydroxyl groups is 1. The van der Waals surface area contributed by atoms with Gasteiger partial charge in [0.15, 0.2) is 12.4 Å². The average Bonchev–Trinajstić information content (AvgIpc) is 3.45. The molecule has 1 aromatic heterocycles. The molecule has 36 heavy (non-hydrogen) atoms. The van der Waals surface area contributed by atoms with Crippen LogP contribution in [0.15, 0.2) is 23.2 Å². The number of phenols is 1. The van der Waals surface area contributed by atoms with Crippen LogP contribution in [0.4, 0.5) is 10.6 Å². The second kappa shape index (κ2) is 12.3. The summed E-state index contributed by atoms with van der Waals surface area (Å²) < 4.78 is 16.3. The second-order valence-electron chi connectivity index (χ2n) is 9.31. The van der Waals surface area contributed by atoms with Crippen molar-refractivity contribution in [3.05, 3.63) is 29.5 Å². The predicted octanol–water partition coefficient (Wildman–Crippen LogP) is 3.74. The minimum atomic E-state index is -0.417. The van der Waals surface area contributed by atoms with Gasteiger partial charge in [0.25, 0.3) is 5.91 Å². The van der Waals surface area contributed by atoms with Gasteiger partial charge in [-0.15, -0.1) is 0 Å². The van der Waals surface area contributed by atoms with Crippen LogP contribution < -0.4 is 20.1 Å². The number of carbonyl (C=O) groups excluding carboxylic acids is 2. The van der Waals surface area contributed by atoms with Gasteiger partial charge < -0.3 is 30.0 Å². The van der Waals surface area contributed by atoms with E-state index < -0.39 is 12.0 Å². The van der Waals surface area contributed by atoms with Gasteiger partial charge in [0.1, 0.15) is 23.4 Å². The summed E-state index contributed by atoms with van der Waals surface area (Å²) in [6, 6.07) is 4.86. The highest BCUT2D eigenvalue weighted by molar-refractivity contribution is 5.92. The third-order valence-electron chi connectivity index (χ3n) is 5.56. The molecule has 11 heteroatoms. The van der Waals surface area contributed by atoms with Crippen molar-refractivity contribution >= 4 is 24.0 Å². The van der Waals surface area contributed by atoms with Crippen molar-refractivity contribution < 1.29 is 28.9 Å². The van der Waals surface area contributed by atoms with Crippen molar-refractivity contribution in [2.24, 2.45) is 4.99 Å². The molecule has 1 aliphatic carbocycles. The molecule has 11 nitrogen and oxygen atoms in total. The number of rotatable bonds is 10. The van der Waals surface area contributed by atoms with Gasteiger partial charge in [-0.05, 0) is 47.0 Å². The van der Waals surface area contributed by atoms with E-state index in [1.165, 1.54) is 19.4 Å². The molecule has 0 saturated heterocycles. The first-order chi connectivity index (χ1) is 17.1. The fourth-order valence-electron chi connectivity index (χ4n) is 3.86. The van der Waals surface area contributed by atoms with E-state index in [2.05, 4.69) is 25.8 Å². The largest absolute Gasteiger partial charge is 0.507 e. The number of aromatic amines is 1. The van der Waals surface area contributed by atoms with Crippen LogP contribution in [0.3, 0.4) is 0 Å². The number of ether oxygens (including phenoxy) is 3. The number of nitrogens with one attached hydrogen (secondary N) is 3. The third kappa shape index (κ3) is 7.62. The first-order valence-corrected chi connectivity index (χ1v) is 12.0. The van der Waals surface area contributed by atoms with E-state index in [9.17, 15) is 14.7 Å². The van der Waals surface area contributed by atoms with E-state index in [1.807, 2.05) is 27.7 Å². The lowest BCUT2D eigenvalue weighted by atomic mass is 10.0. The van der Waals surface area contributed by atoms with Crippen LogP contribution >= 0.6 is 0 Å². The quantitative estimate of drug-likeness (QED) is 0.363. The lowest BCUT2D eigenvalue weighted by Gasteiger charge is -2.14. The summed E-state index contributed by atoms with van der Waals surface area (Å²) in [5, 5.41) is 22.9. The number of carbonyl (C=O) groups is 2. The van der Waals surface area contributed by atoms with Crippen LogP contribution in [0, 0.1) is 0 Å². The van der Waals surface area contributed by atoms with Gasteiger partial charge in [0.05, 0.1) is 12.7 Å². The molecule has 4 N–H and O–H groups in total. The van der Waals surface area contributed by atoms with Gasteiger partial charge >= 0.3 is 6.09 Å². The first kappa shape index (κ1) is 26.8. The van der Waals surface area contributed by atoms with Crippen LogP contribution in [0.5, 0.6) is 17.2 Å². The Labute approximate surface area is 210 Å². The third-order valence-corrected chi connectivity index (χ3v) is 5.56. The molecule has 0 radical (unpaired) electrons. The molecule has 3 rings (SSSR count). The molecular weight excluding hydrogens is 466 g/mol. The number of alkyl carbamates (subject to hydrolysis) is 1. The molecule has 1 aliphatic rings. The molecule has 2 atom stereocenters. The summed E-state index contributed by atoms with van der Waals surface area (Å²) in [4.78, 5) is 28.6. The molecule has 2 amide bonds. The number of aromatic nitrogens is 2. The van der Waals surface area contributed by atoms with Crippen LogP contribution in [-0.2, 0) is 9.53 Å². The predicted molar refractivity (Wildman–Crippen MR) is 135 cm³/mol. The van der Waals surface area contributed by atoms with E-state index >= 15 is 0 Å². The van der Waals surface area contributed by atoms with Crippen molar-refractivity contribution in [3.63, 3.8) is 0 Å². The highest BCUT2D eigenvalue weighted by atomic mass is 16.6. The Balaban J connectivity index is 1.56. The minimum Gasteiger partial charge on any atom is -0.507 e. The van der Waals surface area contributed by atoms with E-state index in [0.717, 1.165) is 18.5 Å². The zero-order chi connectivity index (χ0) is 26.2. The monoisotopic (exact) mass is 501 g/mol. The maximum Gasteiger partial charge on any atom is 0.407 e. The summed E-state index contributed by atoms with van der Waals surface area (Å²) in [6.45, 7) is 7.27. The highest BCUT2D eigenvalue weighted by Crippen LogP contribution is 2.36. The van der Waals surface area contributed by atoms with Crippen molar-refractivity contribution in [1.82, 2.24) is 15.5 Å². The molecule has 0 bridgehead atoms. The van der Waals surface area contributed by atoms with Gasteiger partial charge in [0, 0.05) is 48.1 Å². The topological polar surface area (TPSA) is 147 Å². The number of hydrogen-bond acceptors (Lipinski definition) is 8. The molecule has 2 aromatic rings. The Morgan fingerprint density at radius 1 is 1.25 bits per heavy atom. The van der Waals surface area contributed by atoms with Gasteiger partial charge in [-0.2, -0.15) is 5.10 Å². The van der Waals surface area contributed by atoms with Crippen molar-refractivity contribution in [2.75, 3.05) is 19.0 Å². The Morgan fingerprint density at radius 3 is 2.72 bits per heavy atom. The highest BCUT2D eigenvalue weighted by Gasteiger charge is 2.30. The van der Waals surface area contributed by atoms with E-state index in [1.54, 1.807) is 12.1 Å². The minimum absolute atomic E-state index is 0.0202. The number of H-pyrrole nitrogens is 1. The SMILES string of the molecule is COc1cc(O)c(/C=N/C(C)C)c(OCC(=O)Nc2cc([C@H]3CC[C@@H](OC(=O)NC(C)C)C3)[nH]n2)c1. The zero-order valence-corrected chi connectivity index (χ0v) is 21.3. The maximum atomic E-state index is 12.5. The maximum absolute atomic E-state index is 12.5. The van der Waals surface area contributed by atoms with E-state index in [4.69, 9.17) is 14.2 Å². The number of phenolic OH excluding ortho intramolecular Hbond substituents is 1. The molecule has 0 aliphatic heterocycles. The van der Waals surface area contributed by atoms with Crippen LogP contribution in [-0.4, -0.2) is 65.4 Å². The van der Waals surface area contributed by atoms with Crippen LogP contribution in [0.1, 0.15) is 64.1 Å². The second-order valence-corrected chi connectivity index (χ2v) is 9.31. The number of nitrogens with zero attached hydrogens (tertiary/aromatic N) is 2. The van der Waals surface area contributed by atoms with Crippen LogP contribution in [0.25, 0.3) is 0 Å². The summed E-state index contributed by atoms with van der Waals surface area (Å²) in [6.07, 6.45) is 3.24. The fraction of sp³-hybridized carbons (Fsp3) is 0.520. The normalized spacial score (nSPS) is 17.5. The summed E-state index contributed by atoms with van der Waals surface area (Å²) in [5.74, 6) is 0.704. The molecule has 0 spiro atoms. The Hall–Kier alpha value is -3.76. The number of benzene rings is 1. The molecular formula is C25H35N5O6. The standard InChI is InChI=1S/C25H35N5O6/c1-14(2)26-12-19-21(31)9-18(34-5)10-22(19)35-13-24(32)28-23-11-20(29-30-23)16-6-7-17(8-16)36-25(33)27-15(3)4/h9-12,14-17,31H,6-8,13H2,1-5H3,(H,27,33)(H2,28,29,30,32)/b26-12+/t16-,17+/m0/s1. The van der Waals surface area contributed by atoms with Crippen LogP contribution in [0.2, 0.25) is 0 Å². The van der Waals surface area contributed by atoms with Gasteiger partial charge in [-0.3, -0.25) is 14.9 Å². The Bertz CT molecular complexity index is 1080. The molecule has 1 fully saturated rings. The summed E-state index contributed by atoms with van der Waals surface area (Å²) >= 11 is 0. The zero-order valence-electron chi connectivity index (χ0n) is 21.3. The number of hydrogen-bond donors (Lipinski definition) is 4. The number of anilines is 1. The smallest absolute Gasteiger partial charge is 0.407 e. The Morgan fingerprint density at radius 2 is 2.03 bits per heavy atom.